The van der Waals surface area contributed by atoms with Crippen LogP contribution in [0.15, 0.2) is 18.2 Å². The molecule has 0 aliphatic rings. The van der Waals surface area contributed by atoms with E-state index in [4.69, 9.17) is 5.73 Å². The SMILES string of the molecule is NC(CF)c1cc(F)ccc1F. The van der Waals surface area contributed by atoms with Crippen LogP contribution in [0.4, 0.5) is 13.2 Å². The van der Waals surface area contributed by atoms with Crippen LogP contribution in [0.1, 0.15) is 11.6 Å². The summed E-state index contributed by atoms with van der Waals surface area (Å²) in [6.07, 6.45) is 0. The van der Waals surface area contributed by atoms with Crippen LogP contribution in [-0.4, -0.2) is 6.67 Å². The van der Waals surface area contributed by atoms with Gasteiger partial charge in [-0.2, -0.15) is 0 Å². The van der Waals surface area contributed by atoms with Gasteiger partial charge in [0.1, 0.15) is 18.3 Å². The Morgan fingerprint density at radius 1 is 1.33 bits per heavy atom. The first kappa shape index (κ1) is 9.06. The predicted octanol–water partition coefficient (Wildman–Crippen LogP) is 1.93. The maximum atomic E-state index is 12.8. The van der Waals surface area contributed by atoms with E-state index < -0.39 is 24.4 Å². The van der Waals surface area contributed by atoms with E-state index in [-0.39, 0.29) is 5.56 Å². The van der Waals surface area contributed by atoms with Gasteiger partial charge in [-0.15, -0.1) is 0 Å². The molecule has 12 heavy (non-hydrogen) atoms. The maximum Gasteiger partial charge on any atom is 0.128 e. The summed E-state index contributed by atoms with van der Waals surface area (Å²) in [6.45, 7) is -0.902. The summed E-state index contributed by atoms with van der Waals surface area (Å²) in [5, 5.41) is 0. The van der Waals surface area contributed by atoms with Crippen molar-refractivity contribution >= 4 is 0 Å². The third-order valence-electron chi connectivity index (χ3n) is 1.52. The molecule has 0 aromatic heterocycles. The molecule has 0 saturated carbocycles. The van der Waals surface area contributed by atoms with Crippen LogP contribution in [0.2, 0.25) is 0 Å². The molecule has 0 radical (unpaired) electrons. The van der Waals surface area contributed by atoms with Crippen molar-refractivity contribution in [2.75, 3.05) is 6.67 Å². The number of nitrogens with two attached hydrogens (primary N) is 1. The van der Waals surface area contributed by atoms with E-state index in [1.807, 2.05) is 0 Å². The fraction of sp³-hybridized carbons (Fsp3) is 0.250. The van der Waals surface area contributed by atoms with Gasteiger partial charge in [-0.25, -0.2) is 13.2 Å². The van der Waals surface area contributed by atoms with Gasteiger partial charge in [0.05, 0.1) is 6.04 Å². The summed E-state index contributed by atoms with van der Waals surface area (Å²) in [6, 6.07) is 1.71. The molecule has 0 amide bonds. The fourth-order valence-corrected chi connectivity index (χ4v) is 0.882. The van der Waals surface area contributed by atoms with E-state index >= 15 is 0 Å². The maximum absolute atomic E-state index is 12.8. The standard InChI is InChI=1S/C8H8F3N/c9-4-8(12)6-3-5(10)1-2-7(6)11/h1-3,8H,4,12H2. The van der Waals surface area contributed by atoms with Crippen LogP contribution in [0.5, 0.6) is 0 Å². The predicted molar refractivity (Wildman–Crippen MR) is 39.3 cm³/mol. The largest absolute Gasteiger partial charge is 0.322 e. The summed E-state index contributed by atoms with van der Waals surface area (Å²) in [5.41, 5.74) is 5.06. The monoisotopic (exact) mass is 175 g/mol. The van der Waals surface area contributed by atoms with Crippen molar-refractivity contribution < 1.29 is 13.2 Å². The Morgan fingerprint density at radius 3 is 2.58 bits per heavy atom. The Balaban J connectivity index is 3.04. The molecule has 1 rings (SSSR count). The molecule has 0 aliphatic heterocycles. The van der Waals surface area contributed by atoms with Crippen molar-refractivity contribution in [2.45, 2.75) is 6.04 Å². The van der Waals surface area contributed by atoms with Crippen molar-refractivity contribution in [3.05, 3.63) is 35.4 Å². The molecule has 4 heteroatoms. The summed E-state index contributed by atoms with van der Waals surface area (Å²) < 4.78 is 37.3. The molecular weight excluding hydrogens is 167 g/mol. The summed E-state index contributed by atoms with van der Waals surface area (Å²) in [7, 11) is 0. The molecule has 1 nitrogen and oxygen atoms in total. The first-order valence-corrected chi connectivity index (χ1v) is 3.41. The highest BCUT2D eigenvalue weighted by Crippen LogP contribution is 2.16. The van der Waals surface area contributed by atoms with Gasteiger partial charge in [0.2, 0.25) is 0 Å². The lowest BCUT2D eigenvalue weighted by molar-refractivity contribution is 0.425. The van der Waals surface area contributed by atoms with Gasteiger partial charge in [-0.1, -0.05) is 0 Å². The molecule has 0 saturated heterocycles. The van der Waals surface area contributed by atoms with Gasteiger partial charge in [0, 0.05) is 5.56 Å². The molecule has 1 aromatic carbocycles. The minimum Gasteiger partial charge on any atom is -0.322 e. The number of hydrogen-bond donors (Lipinski definition) is 1. The Labute approximate surface area is 68.0 Å². The average molecular weight is 175 g/mol. The first-order chi connectivity index (χ1) is 5.65. The highest BCUT2D eigenvalue weighted by molar-refractivity contribution is 5.21. The highest BCUT2D eigenvalue weighted by Gasteiger charge is 2.11. The van der Waals surface area contributed by atoms with E-state index in [9.17, 15) is 13.2 Å². The number of hydrogen-bond acceptors (Lipinski definition) is 1. The lowest BCUT2D eigenvalue weighted by Gasteiger charge is -2.07. The Morgan fingerprint density at radius 2 is 2.00 bits per heavy atom. The van der Waals surface area contributed by atoms with Crippen LogP contribution < -0.4 is 5.73 Å². The van der Waals surface area contributed by atoms with Crippen molar-refractivity contribution in [3.8, 4) is 0 Å². The Kier molecular flexibility index (Phi) is 2.70. The van der Waals surface area contributed by atoms with Gasteiger partial charge < -0.3 is 5.73 Å². The van der Waals surface area contributed by atoms with Crippen LogP contribution >= 0.6 is 0 Å². The van der Waals surface area contributed by atoms with Crippen LogP contribution in [-0.2, 0) is 0 Å². The van der Waals surface area contributed by atoms with Crippen molar-refractivity contribution in [1.29, 1.82) is 0 Å². The molecular formula is C8H8F3N. The van der Waals surface area contributed by atoms with Crippen LogP contribution in [0, 0.1) is 11.6 Å². The second kappa shape index (κ2) is 3.58. The number of alkyl halides is 1. The summed E-state index contributed by atoms with van der Waals surface area (Å²) in [5.74, 6) is -1.29. The fourth-order valence-electron chi connectivity index (χ4n) is 0.882. The zero-order valence-corrected chi connectivity index (χ0v) is 6.23. The number of benzene rings is 1. The Hall–Kier alpha value is -1.03. The van der Waals surface area contributed by atoms with Crippen molar-refractivity contribution in [3.63, 3.8) is 0 Å². The molecule has 66 valence electrons. The molecule has 1 atom stereocenters. The van der Waals surface area contributed by atoms with Crippen LogP contribution in [0.3, 0.4) is 0 Å². The van der Waals surface area contributed by atoms with Gasteiger partial charge in [-0.3, -0.25) is 0 Å². The Bertz CT molecular complexity index is 275. The molecule has 0 spiro atoms. The van der Waals surface area contributed by atoms with Gasteiger partial charge >= 0.3 is 0 Å². The molecule has 0 fully saturated rings. The summed E-state index contributed by atoms with van der Waals surface area (Å²) in [4.78, 5) is 0. The van der Waals surface area contributed by atoms with Gasteiger partial charge in [-0.05, 0) is 18.2 Å². The molecule has 2 N–H and O–H groups in total. The minimum absolute atomic E-state index is 0.127. The van der Waals surface area contributed by atoms with E-state index in [0.29, 0.717) is 0 Å². The zero-order chi connectivity index (χ0) is 9.14. The molecule has 0 heterocycles. The van der Waals surface area contributed by atoms with E-state index in [2.05, 4.69) is 0 Å². The smallest absolute Gasteiger partial charge is 0.128 e. The van der Waals surface area contributed by atoms with E-state index in [0.717, 1.165) is 18.2 Å². The highest BCUT2D eigenvalue weighted by atomic mass is 19.1. The zero-order valence-electron chi connectivity index (χ0n) is 6.23. The van der Waals surface area contributed by atoms with Crippen LogP contribution in [0.25, 0.3) is 0 Å². The minimum atomic E-state index is -1.08. The molecule has 0 aliphatic carbocycles. The van der Waals surface area contributed by atoms with E-state index in [1.54, 1.807) is 0 Å². The topological polar surface area (TPSA) is 26.0 Å². The lowest BCUT2D eigenvalue weighted by atomic mass is 10.1. The molecule has 1 aromatic rings. The average Bonchev–Trinajstić information content (AvgIpc) is 2.08. The van der Waals surface area contributed by atoms with Crippen molar-refractivity contribution in [1.82, 2.24) is 0 Å². The third-order valence-corrected chi connectivity index (χ3v) is 1.52. The number of rotatable bonds is 2. The second-order valence-electron chi connectivity index (χ2n) is 2.43. The first-order valence-electron chi connectivity index (χ1n) is 3.41. The molecule has 0 bridgehead atoms. The summed E-state index contributed by atoms with van der Waals surface area (Å²) >= 11 is 0. The van der Waals surface area contributed by atoms with E-state index in [1.165, 1.54) is 0 Å². The normalized spacial score (nSPS) is 13.0. The van der Waals surface area contributed by atoms with Gasteiger partial charge in [0.15, 0.2) is 0 Å². The van der Waals surface area contributed by atoms with Crippen molar-refractivity contribution in [2.24, 2.45) is 5.73 Å². The second-order valence-corrected chi connectivity index (χ2v) is 2.43. The van der Waals surface area contributed by atoms with Gasteiger partial charge in [0.25, 0.3) is 0 Å². The third kappa shape index (κ3) is 1.76. The lowest BCUT2D eigenvalue weighted by Crippen LogP contribution is -2.14. The quantitative estimate of drug-likeness (QED) is 0.730. The number of halogens is 3. The molecule has 1 unspecified atom stereocenters.